The SMILES string of the molecule is C=CC(=O)N1CC(N2CCC(c3cc(C)c4c(c3)Nc3nccc(C5=CCSCC5)c3CO4)CC2)C1. The van der Waals surface area contributed by atoms with Gasteiger partial charge in [-0.15, -0.1) is 0 Å². The maximum atomic E-state index is 11.8. The Labute approximate surface area is 217 Å². The largest absolute Gasteiger partial charge is 0.486 e. The molecule has 0 radical (unpaired) electrons. The highest BCUT2D eigenvalue weighted by Gasteiger charge is 2.36. The number of carbonyl (C=O) groups is 1. The van der Waals surface area contributed by atoms with Gasteiger partial charge in [0.25, 0.3) is 0 Å². The number of fused-ring (bicyclic) bond motifs is 2. The summed E-state index contributed by atoms with van der Waals surface area (Å²) in [5.74, 6) is 4.69. The van der Waals surface area contributed by atoms with E-state index in [4.69, 9.17) is 9.72 Å². The van der Waals surface area contributed by atoms with Crippen LogP contribution in [0.5, 0.6) is 5.75 Å². The minimum absolute atomic E-state index is 0.0500. The van der Waals surface area contributed by atoms with Crippen molar-refractivity contribution >= 4 is 34.7 Å². The van der Waals surface area contributed by atoms with Crippen molar-refractivity contribution in [3.05, 3.63) is 65.4 Å². The number of carbonyl (C=O) groups excluding carboxylic acids is 1. The number of hydrogen-bond donors (Lipinski definition) is 1. The van der Waals surface area contributed by atoms with E-state index in [-0.39, 0.29) is 5.91 Å². The van der Waals surface area contributed by atoms with E-state index in [0.717, 1.165) is 74.0 Å². The van der Waals surface area contributed by atoms with Gasteiger partial charge in [0.05, 0.1) is 5.69 Å². The maximum Gasteiger partial charge on any atom is 0.246 e. The van der Waals surface area contributed by atoms with Crippen molar-refractivity contribution in [2.75, 3.05) is 43.0 Å². The van der Waals surface area contributed by atoms with Gasteiger partial charge in [-0.25, -0.2) is 4.98 Å². The first-order valence-corrected chi connectivity index (χ1v) is 14.2. The van der Waals surface area contributed by atoms with E-state index < -0.39 is 0 Å². The molecule has 6 nitrogen and oxygen atoms in total. The second kappa shape index (κ2) is 9.94. The van der Waals surface area contributed by atoms with Gasteiger partial charge in [-0.2, -0.15) is 11.8 Å². The number of anilines is 2. The molecule has 36 heavy (non-hydrogen) atoms. The van der Waals surface area contributed by atoms with Crippen LogP contribution in [0.25, 0.3) is 5.57 Å². The molecule has 6 rings (SSSR count). The van der Waals surface area contributed by atoms with Crippen molar-refractivity contribution in [3.63, 3.8) is 0 Å². The molecular formula is C29H34N4O2S. The first-order chi connectivity index (χ1) is 17.6. The molecule has 7 heteroatoms. The minimum Gasteiger partial charge on any atom is -0.486 e. The predicted octanol–water partition coefficient (Wildman–Crippen LogP) is 5.12. The van der Waals surface area contributed by atoms with E-state index in [1.165, 1.54) is 34.1 Å². The molecule has 1 aromatic carbocycles. The van der Waals surface area contributed by atoms with Crippen LogP contribution in [0.3, 0.4) is 0 Å². The highest BCUT2D eigenvalue weighted by Crippen LogP contribution is 2.42. The number of benzene rings is 1. The molecule has 0 unspecified atom stereocenters. The first kappa shape index (κ1) is 23.6. The fourth-order valence-electron chi connectivity index (χ4n) is 6.01. The van der Waals surface area contributed by atoms with Gasteiger partial charge in [-0.1, -0.05) is 18.7 Å². The van der Waals surface area contributed by atoms with Gasteiger partial charge >= 0.3 is 0 Å². The van der Waals surface area contributed by atoms with Gasteiger partial charge in [0.1, 0.15) is 18.2 Å². The summed E-state index contributed by atoms with van der Waals surface area (Å²) in [6.45, 7) is 10.1. The Kier molecular flexibility index (Phi) is 6.52. The Hall–Kier alpha value is -2.77. The molecular weight excluding hydrogens is 468 g/mol. The first-order valence-electron chi connectivity index (χ1n) is 13.1. The summed E-state index contributed by atoms with van der Waals surface area (Å²) in [4.78, 5) is 20.9. The molecule has 0 atom stereocenters. The third kappa shape index (κ3) is 4.43. The lowest BCUT2D eigenvalue weighted by atomic mass is 9.87. The number of ether oxygens (including phenoxy) is 1. The van der Waals surface area contributed by atoms with Crippen LogP contribution in [0.15, 0.2) is 43.1 Å². The number of thioether (sulfide) groups is 1. The zero-order valence-electron chi connectivity index (χ0n) is 21.0. The van der Waals surface area contributed by atoms with Crippen LogP contribution >= 0.6 is 11.8 Å². The monoisotopic (exact) mass is 502 g/mol. The molecule has 1 amide bonds. The van der Waals surface area contributed by atoms with E-state index in [1.54, 1.807) is 0 Å². The average Bonchev–Trinajstić information content (AvgIpc) is 3.08. The van der Waals surface area contributed by atoms with Crippen LogP contribution in [0.1, 0.15) is 47.4 Å². The topological polar surface area (TPSA) is 57.7 Å². The smallest absolute Gasteiger partial charge is 0.246 e. The third-order valence-electron chi connectivity index (χ3n) is 8.14. The molecule has 2 fully saturated rings. The molecule has 1 aromatic heterocycles. The summed E-state index contributed by atoms with van der Waals surface area (Å²) in [6, 6.07) is 7.24. The zero-order chi connectivity index (χ0) is 24.6. The maximum absolute atomic E-state index is 11.8. The summed E-state index contributed by atoms with van der Waals surface area (Å²) in [5.41, 5.74) is 7.43. The lowest BCUT2D eigenvalue weighted by Gasteiger charge is -2.47. The zero-order valence-corrected chi connectivity index (χ0v) is 21.8. The van der Waals surface area contributed by atoms with Crippen molar-refractivity contribution in [2.45, 2.75) is 44.8 Å². The number of pyridine rings is 1. The molecule has 0 bridgehead atoms. The van der Waals surface area contributed by atoms with E-state index >= 15 is 0 Å². The van der Waals surface area contributed by atoms with Gasteiger partial charge < -0.3 is 15.0 Å². The van der Waals surface area contributed by atoms with Crippen LogP contribution in [0, 0.1) is 6.92 Å². The Morgan fingerprint density at radius 3 is 2.86 bits per heavy atom. The molecule has 4 aliphatic heterocycles. The van der Waals surface area contributed by atoms with Crippen molar-refractivity contribution < 1.29 is 9.53 Å². The van der Waals surface area contributed by atoms with Crippen molar-refractivity contribution in [3.8, 4) is 5.75 Å². The van der Waals surface area contributed by atoms with Crippen molar-refractivity contribution in [1.29, 1.82) is 0 Å². The highest BCUT2D eigenvalue weighted by atomic mass is 32.2. The highest BCUT2D eigenvalue weighted by molar-refractivity contribution is 7.99. The molecule has 1 N–H and O–H groups in total. The van der Waals surface area contributed by atoms with Crippen LogP contribution in [-0.2, 0) is 11.4 Å². The second-order valence-corrected chi connectivity index (χ2v) is 11.4. The number of piperidine rings is 1. The molecule has 0 spiro atoms. The van der Waals surface area contributed by atoms with Gasteiger partial charge in [0.2, 0.25) is 5.91 Å². The number of likely N-dealkylation sites (tertiary alicyclic amines) is 2. The summed E-state index contributed by atoms with van der Waals surface area (Å²) < 4.78 is 6.41. The number of amides is 1. The molecule has 188 valence electrons. The van der Waals surface area contributed by atoms with Crippen molar-refractivity contribution in [1.82, 2.24) is 14.8 Å². The standard InChI is InChI=1S/C29H34N4O2S/c1-3-27(34)33-16-23(17-33)32-10-5-20(6-11-32)22-14-19(2)28-26(15-22)31-29-25(18-35-28)24(4-9-30-29)21-7-12-36-13-8-21/h3-4,7,9,14-15,20,23H,1,5-6,8,10-13,16-18H2,2H3,(H,30,31). The van der Waals surface area contributed by atoms with Gasteiger partial charge in [-0.3, -0.25) is 9.69 Å². The number of aryl methyl sites for hydroxylation is 1. The van der Waals surface area contributed by atoms with E-state index in [9.17, 15) is 4.79 Å². The summed E-state index contributed by atoms with van der Waals surface area (Å²) in [7, 11) is 0. The Balaban J connectivity index is 1.17. The Bertz CT molecular complexity index is 1210. The fraction of sp³-hybridized carbons (Fsp3) is 0.448. The van der Waals surface area contributed by atoms with E-state index in [1.807, 2.05) is 22.9 Å². The molecule has 0 aliphatic carbocycles. The number of hydrogen-bond acceptors (Lipinski definition) is 6. The summed E-state index contributed by atoms with van der Waals surface area (Å²) in [5, 5.41) is 3.64. The number of aromatic nitrogens is 1. The fourth-order valence-corrected chi connectivity index (χ4v) is 6.86. The number of nitrogens with zero attached hydrogens (tertiary/aromatic N) is 3. The van der Waals surface area contributed by atoms with Crippen molar-refractivity contribution in [2.24, 2.45) is 0 Å². The average molecular weight is 503 g/mol. The van der Waals surface area contributed by atoms with Crippen LogP contribution < -0.4 is 10.1 Å². The Morgan fingerprint density at radius 2 is 2.11 bits per heavy atom. The van der Waals surface area contributed by atoms with Crippen LogP contribution in [-0.4, -0.2) is 64.4 Å². The number of nitrogens with one attached hydrogen (secondary N) is 1. The predicted molar refractivity (Wildman–Crippen MR) is 147 cm³/mol. The third-order valence-corrected chi connectivity index (χ3v) is 9.04. The second-order valence-electron chi connectivity index (χ2n) is 10.3. The minimum atomic E-state index is 0.0500. The lowest BCUT2D eigenvalue weighted by Crippen LogP contribution is -2.61. The van der Waals surface area contributed by atoms with E-state index in [0.29, 0.717) is 18.6 Å². The molecule has 2 saturated heterocycles. The number of rotatable bonds is 4. The van der Waals surface area contributed by atoms with Crippen LogP contribution in [0.4, 0.5) is 11.5 Å². The molecule has 4 aliphatic rings. The van der Waals surface area contributed by atoms with Gasteiger partial charge in [-0.05, 0) is 91.4 Å². The lowest BCUT2D eigenvalue weighted by molar-refractivity contribution is -0.133. The molecule has 0 saturated carbocycles. The van der Waals surface area contributed by atoms with E-state index in [2.05, 4.69) is 48.0 Å². The summed E-state index contributed by atoms with van der Waals surface area (Å²) in [6.07, 6.45) is 9.06. The number of allylic oxidation sites excluding steroid dienone is 1. The van der Waals surface area contributed by atoms with Gasteiger partial charge in [0.15, 0.2) is 0 Å². The Morgan fingerprint density at radius 1 is 1.28 bits per heavy atom. The summed E-state index contributed by atoms with van der Waals surface area (Å²) >= 11 is 1.99. The quantitative estimate of drug-likeness (QED) is 0.586. The van der Waals surface area contributed by atoms with Gasteiger partial charge in [0, 0.05) is 36.6 Å². The molecule has 2 aromatic rings. The molecule has 5 heterocycles. The van der Waals surface area contributed by atoms with Crippen LogP contribution in [0.2, 0.25) is 0 Å². The normalized spacial score (nSPS) is 20.7.